The van der Waals surface area contributed by atoms with Gasteiger partial charge in [0.1, 0.15) is 6.04 Å². The number of amides is 2. The third-order valence-corrected chi connectivity index (χ3v) is 6.14. The van der Waals surface area contributed by atoms with Crippen LogP contribution in [0.15, 0.2) is 48.5 Å². The maximum atomic E-state index is 13.1. The second-order valence-corrected chi connectivity index (χ2v) is 8.41. The molecule has 0 unspecified atom stereocenters. The lowest BCUT2D eigenvalue weighted by Gasteiger charge is -2.30. The summed E-state index contributed by atoms with van der Waals surface area (Å²) in [5.74, 6) is -0.213. The van der Waals surface area contributed by atoms with Crippen molar-refractivity contribution in [3.8, 4) is 0 Å². The van der Waals surface area contributed by atoms with Crippen molar-refractivity contribution < 1.29 is 9.59 Å². The van der Waals surface area contributed by atoms with Gasteiger partial charge in [0.2, 0.25) is 11.8 Å². The van der Waals surface area contributed by atoms with E-state index in [1.807, 2.05) is 36.4 Å². The molecule has 4 nitrogen and oxygen atoms in total. The number of benzene rings is 2. The van der Waals surface area contributed by atoms with Crippen LogP contribution in [-0.2, 0) is 22.6 Å². The third kappa shape index (κ3) is 5.97. The standard InChI is InChI=1S/C23H26Cl2N2O2/c1-16(23(29)26-19-9-5-6-10-19)27(15-18-11-12-20(24)21(25)13-18)22(28)14-17-7-3-2-4-8-17/h2-4,7-8,11-13,16,19H,5-6,9-10,14-15H2,1H3,(H,26,29)/t16-/m1/s1. The van der Waals surface area contributed by atoms with E-state index in [4.69, 9.17) is 23.2 Å². The Bertz CT molecular complexity index is 851. The van der Waals surface area contributed by atoms with Crippen LogP contribution in [0.1, 0.15) is 43.7 Å². The fraction of sp³-hybridized carbons (Fsp3) is 0.391. The highest BCUT2D eigenvalue weighted by Gasteiger charge is 2.28. The Kier molecular flexibility index (Phi) is 7.57. The van der Waals surface area contributed by atoms with E-state index in [-0.39, 0.29) is 24.3 Å². The quantitative estimate of drug-likeness (QED) is 0.667. The van der Waals surface area contributed by atoms with Gasteiger partial charge < -0.3 is 10.2 Å². The van der Waals surface area contributed by atoms with Gasteiger partial charge in [0.25, 0.3) is 0 Å². The first kappa shape index (κ1) is 21.7. The number of nitrogens with zero attached hydrogens (tertiary/aromatic N) is 1. The largest absolute Gasteiger partial charge is 0.352 e. The van der Waals surface area contributed by atoms with Crippen molar-refractivity contribution in [3.63, 3.8) is 0 Å². The summed E-state index contributed by atoms with van der Waals surface area (Å²) >= 11 is 12.2. The Morgan fingerprint density at radius 3 is 2.38 bits per heavy atom. The monoisotopic (exact) mass is 432 g/mol. The third-order valence-electron chi connectivity index (χ3n) is 5.40. The minimum absolute atomic E-state index is 0.101. The van der Waals surface area contributed by atoms with Gasteiger partial charge in [-0.1, -0.05) is 72.4 Å². The molecule has 0 aliphatic heterocycles. The summed E-state index contributed by atoms with van der Waals surface area (Å²) < 4.78 is 0. The first-order valence-corrected chi connectivity index (χ1v) is 10.8. The molecule has 0 heterocycles. The summed E-state index contributed by atoms with van der Waals surface area (Å²) in [6, 6.07) is 14.5. The molecule has 2 amide bonds. The zero-order valence-corrected chi connectivity index (χ0v) is 18.0. The number of hydrogen-bond donors (Lipinski definition) is 1. The molecule has 0 aromatic heterocycles. The van der Waals surface area contributed by atoms with Crippen LogP contribution in [0.25, 0.3) is 0 Å². The molecule has 154 valence electrons. The molecule has 2 aromatic rings. The zero-order valence-electron chi connectivity index (χ0n) is 16.5. The Labute approximate surface area is 182 Å². The average Bonchev–Trinajstić information content (AvgIpc) is 3.22. The van der Waals surface area contributed by atoms with Crippen molar-refractivity contribution in [1.82, 2.24) is 10.2 Å². The van der Waals surface area contributed by atoms with Crippen LogP contribution in [0.4, 0.5) is 0 Å². The SMILES string of the molecule is C[C@H](C(=O)NC1CCCC1)N(Cc1ccc(Cl)c(Cl)c1)C(=O)Cc1ccccc1. The topological polar surface area (TPSA) is 49.4 Å². The number of carbonyl (C=O) groups is 2. The molecular weight excluding hydrogens is 407 g/mol. The first-order valence-electron chi connectivity index (χ1n) is 10.0. The van der Waals surface area contributed by atoms with Crippen molar-refractivity contribution in [2.24, 2.45) is 0 Å². The normalized spacial score (nSPS) is 15.1. The van der Waals surface area contributed by atoms with Gasteiger partial charge in [0, 0.05) is 12.6 Å². The van der Waals surface area contributed by atoms with Crippen molar-refractivity contribution >= 4 is 35.0 Å². The smallest absolute Gasteiger partial charge is 0.242 e. The molecule has 0 spiro atoms. The lowest BCUT2D eigenvalue weighted by atomic mass is 10.1. The molecule has 6 heteroatoms. The van der Waals surface area contributed by atoms with Crippen molar-refractivity contribution in [3.05, 3.63) is 69.7 Å². The van der Waals surface area contributed by atoms with Gasteiger partial charge in [0.15, 0.2) is 0 Å². The fourth-order valence-corrected chi connectivity index (χ4v) is 4.00. The molecule has 1 fully saturated rings. The van der Waals surface area contributed by atoms with Crippen molar-refractivity contribution in [1.29, 1.82) is 0 Å². The fourth-order valence-electron chi connectivity index (χ4n) is 3.68. The number of nitrogens with one attached hydrogen (secondary N) is 1. The van der Waals surface area contributed by atoms with Gasteiger partial charge in [-0.25, -0.2) is 0 Å². The molecular formula is C23H26Cl2N2O2. The van der Waals surface area contributed by atoms with Crippen molar-refractivity contribution in [2.45, 2.75) is 57.7 Å². The molecule has 1 aliphatic rings. The highest BCUT2D eigenvalue weighted by molar-refractivity contribution is 6.42. The van der Waals surface area contributed by atoms with E-state index in [0.29, 0.717) is 16.6 Å². The summed E-state index contributed by atoms with van der Waals surface area (Å²) in [4.78, 5) is 27.6. The van der Waals surface area contributed by atoms with Gasteiger partial charge in [0.05, 0.1) is 16.5 Å². The van der Waals surface area contributed by atoms with Crippen LogP contribution in [0.3, 0.4) is 0 Å². The van der Waals surface area contributed by atoms with E-state index < -0.39 is 6.04 Å². The second-order valence-electron chi connectivity index (χ2n) is 7.60. The Balaban J connectivity index is 1.77. The summed E-state index contributed by atoms with van der Waals surface area (Å²) in [5, 5.41) is 4.00. The van der Waals surface area contributed by atoms with Crippen LogP contribution < -0.4 is 5.32 Å². The zero-order chi connectivity index (χ0) is 20.8. The molecule has 1 saturated carbocycles. The van der Waals surface area contributed by atoms with Gasteiger partial charge >= 0.3 is 0 Å². The second kappa shape index (κ2) is 10.1. The van der Waals surface area contributed by atoms with Crippen LogP contribution in [-0.4, -0.2) is 28.8 Å². The molecule has 1 atom stereocenters. The average molecular weight is 433 g/mol. The van der Waals surface area contributed by atoms with E-state index >= 15 is 0 Å². The number of carbonyl (C=O) groups excluding carboxylic acids is 2. The molecule has 0 saturated heterocycles. The van der Waals surface area contributed by atoms with E-state index in [2.05, 4.69) is 5.32 Å². The van der Waals surface area contributed by atoms with Crippen molar-refractivity contribution in [2.75, 3.05) is 0 Å². The predicted octanol–water partition coefficient (Wildman–Crippen LogP) is 5.01. The number of hydrogen-bond acceptors (Lipinski definition) is 2. The summed E-state index contributed by atoms with van der Waals surface area (Å²) in [7, 11) is 0. The Morgan fingerprint density at radius 1 is 1.03 bits per heavy atom. The van der Waals surface area contributed by atoms with Gasteiger partial charge in [-0.15, -0.1) is 0 Å². The minimum atomic E-state index is -0.582. The predicted molar refractivity (Wildman–Crippen MR) is 117 cm³/mol. The molecule has 1 aliphatic carbocycles. The van der Waals surface area contributed by atoms with Crippen LogP contribution in [0.2, 0.25) is 10.0 Å². The van der Waals surface area contributed by atoms with E-state index in [1.54, 1.807) is 24.0 Å². The summed E-state index contributed by atoms with van der Waals surface area (Å²) in [6.45, 7) is 2.08. The molecule has 0 bridgehead atoms. The maximum Gasteiger partial charge on any atom is 0.242 e. The molecule has 29 heavy (non-hydrogen) atoms. The lowest BCUT2D eigenvalue weighted by Crippen LogP contribution is -2.50. The molecule has 3 rings (SSSR count). The highest BCUT2D eigenvalue weighted by Crippen LogP contribution is 2.24. The van der Waals surface area contributed by atoms with E-state index in [9.17, 15) is 9.59 Å². The highest BCUT2D eigenvalue weighted by atomic mass is 35.5. The van der Waals surface area contributed by atoms with Crippen LogP contribution in [0, 0.1) is 0 Å². The van der Waals surface area contributed by atoms with E-state index in [0.717, 1.165) is 36.8 Å². The molecule has 2 aromatic carbocycles. The van der Waals surface area contributed by atoms with Gasteiger partial charge in [-0.3, -0.25) is 9.59 Å². The van der Waals surface area contributed by atoms with Crippen LogP contribution in [0.5, 0.6) is 0 Å². The Hall–Kier alpha value is -2.04. The van der Waals surface area contributed by atoms with Crippen LogP contribution >= 0.6 is 23.2 Å². The van der Waals surface area contributed by atoms with Gasteiger partial charge in [-0.05, 0) is 43.0 Å². The van der Waals surface area contributed by atoms with E-state index in [1.165, 1.54) is 0 Å². The van der Waals surface area contributed by atoms with Gasteiger partial charge in [-0.2, -0.15) is 0 Å². The summed E-state index contributed by atoms with van der Waals surface area (Å²) in [5.41, 5.74) is 1.75. The molecule has 0 radical (unpaired) electrons. The maximum absolute atomic E-state index is 13.1. The lowest BCUT2D eigenvalue weighted by molar-refractivity contribution is -0.140. The minimum Gasteiger partial charge on any atom is -0.352 e. The number of halogens is 2. The number of rotatable bonds is 7. The summed E-state index contributed by atoms with van der Waals surface area (Å²) in [6.07, 6.45) is 4.52. The molecule has 1 N–H and O–H groups in total. The first-order chi connectivity index (χ1) is 13.9. The Morgan fingerprint density at radius 2 is 1.72 bits per heavy atom.